The van der Waals surface area contributed by atoms with Crippen LogP contribution in [-0.4, -0.2) is 12.6 Å². The summed E-state index contributed by atoms with van der Waals surface area (Å²) >= 11 is 0. The van der Waals surface area contributed by atoms with Crippen LogP contribution in [0.1, 0.15) is 38.2 Å². The third kappa shape index (κ3) is 3.77. The Kier molecular flexibility index (Phi) is 4.70. The maximum Gasteiger partial charge on any atom is 0.129 e. The monoisotopic (exact) mass is 253 g/mol. The summed E-state index contributed by atoms with van der Waals surface area (Å²) in [6, 6.07) is 4.45. The first-order chi connectivity index (χ1) is 8.70. The van der Waals surface area contributed by atoms with Crippen LogP contribution in [-0.2, 0) is 6.42 Å². The van der Waals surface area contributed by atoms with Gasteiger partial charge in [0.2, 0.25) is 0 Å². The minimum atomic E-state index is -0.500. The van der Waals surface area contributed by atoms with Crippen molar-refractivity contribution < 1.29 is 8.78 Å². The molecule has 0 heterocycles. The van der Waals surface area contributed by atoms with Crippen LogP contribution in [0.5, 0.6) is 0 Å². The summed E-state index contributed by atoms with van der Waals surface area (Å²) in [4.78, 5) is 0. The summed E-state index contributed by atoms with van der Waals surface area (Å²) in [6.45, 7) is 3.11. The molecule has 100 valence electrons. The highest BCUT2D eigenvalue weighted by Gasteiger charge is 2.29. The Morgan fingerprint density at radius 2 is 2.11 bits per heavy atom. The van der Waals surface area contributed by atoms with Crippen LogP contribution >= 0.6 is 0 Å². The number of benzene rings is 1. The predicted octanol–water partition coefficient (Wildman–Crippen LogP) is 3.68. The van der Waals surface area contributed by atoms with Crippen LogP contribution in [0.3, 0.4) is 0 Å². The Hall–Kier alpha value is -0.960. The van der Waals surface area contributed by atoms with E-state index >= 15 is 0 Å². The Morgan fingerprint density at radius 3 is 2.72 bits per heavy atom. The molecule has 1 aromatic carbocycles. The van der Waals surface area contributed by atoms with E-state index in [0.29, 0.717) is 18.0 Å². The van der Waals surface area contributed by atoms with Crippen molar-refractivity contribution >= 4 is 0 Å². The fourth-order valence-corrected chi connectivity index (χ4v) is 2.50. The molecule has 0 radical (unpaired) electrons. The van der Waals surface area contributed by atoms with Crippen molar-refractivity contribution in [2.24, 2.45) is 5.92 Å². The molecule has 0 amide bonds. The van der Waals surface area contributed by atoms with Crippen molar-refractivity contribution in [3.8, 4) is 0 Å². The quantitative estimate of drug-likeness (QED) is 0.781. The highest BCUT2D eigenvalue weighted by molar-refractivity contribution is 5.18. The van der Waals surface area contributed by atoms with Crippen LogP contribution < -0.4 is 5.32 Å². The molecule has 0 saturated heterocycles. The molecular weight excluding hydrogens is 232 g/mol. The molecule has 1 fully saturated rings. The van der Waals surface area contributed by atoms with Gasteiger partial charge in [-0.05, 0) is 56.2 Å². The second-order valence-corrected chi connectivity index (χ2v) is 5.13. The number of rotatable bonds is 7. The lowest BCUT2D eigenvalue weighted by molar-refractivity contribution is 0.432. The molecule has 18 heavy (non-hydrogen) atoms. The molecule has 0 aliphatic heterocycles. The zero-order valence-electron chi connectivity index (χ0n) is 10.9. The zero-order valence-corrected chi connectivity index (χ0v) is 10.9. The van der Waals surface area contributed by atoms with Crippen molar-refractivity contribution in [2.45, 2.75) is 45.1 Å². The summed E-state index contributed by atoms with van der Waals surface area (Å²) in [6.07, 6.45) is 5.37. The van der Waals surface area contributed by atoms with Gasteiger partial charge >= 0.3 is 0 Å². The van der Waals surface area contributed by atoms with E-state index in [0.717, 1.165) is 31.4 Å². The maximum atomic E-state index is 13.4. The van der Waals surface area contributed by atoms with Crippen LogP contribution in [0.4, 0.5) is 8.78 Å². The Bertz CT molecular complexity index is 388. The zero-order chi connectivity index (χ0) is 13.0. The third-order valence-corrected chi connectivity index (χ3v) is 3.63. The molecule has 0 aromatic heterocycles. The standard InChI is InChI=1S/C15H21F2N/c1-2-18-15(12-6-7-12)5-3-4-11-8-9-13(16)10-14(11)17/h8-10,12,15,18H,2-7H2,1H3. The summed E-state index contributed by atoms with van der Waals surface area (Å²) in [5, 5.41) is 3.50. The average Bonchev–Trinajstić information content (AvgIpc) is 3.15. The molecule has 2 rings (SSSR count). The van der Waals surface area contributed by atoms with Gasteiger partial charge in [-0.3, -0.25) is 0 Å². The SMILES string of the molecule is CCNC(CCCc1ccc(F)cc1F)C1CC1. The van der Waals surface area contributed by atoms with Gasteiger partial charge in [0.05, 0.1) is 0 Å². The normalized spacial score (nSPS) is 16.8. The molecule has 0 spiro atoms. The lowest BCUT2D eigenvalue weighted by Crippen LogP contribution is -2.30. The van der Waals surface area contributed by atoms with Gasteiger partial charge in [-0.15, -0.1) is 0 Å². The highest BCUT2D eigenvalue weighted by Crippen LogP contribution is 2.34. The first-order valence-corrected chi connectivity index (χ1v) is 6.88. The molecule has 3 heteroatoms. The molecular formula is C15H21F2N. The molecule has 1 aromatic rings. The number of aryl methyl sites for hydroxylation is 1. The van der Waals surface area contributed by atoms with E-state index in [1.807, 2.05) is 0 Å². The second kappa shape index (κ2) is 6.28. The first kappa shape index (κ1) is 13.5. The van der Waals surface area contributed by atoms with E-state index < -0.39 is 11.6 Å². The third-order valence-electron chi connectivity index (χ3n) is 3.63. The van der Waals surface area contributed by atoms with Crippen LogP contribution in [0.2, 0.25) is 0 Å². The van der Waals surface area contributed by atoms with E-state index in [9.17, 15) is 8.78 Å². The van der Waals surface area contributed by atoms with Crippen LogP contribution in [0.25, 0.3) is 0 Å². The second-order valence-electron chi connectivity index (χ2n) is 5.13. The topological polar surface area (TPSA) is 12.0 Å². The molecule has 1 atom stereocenters. The minimum absolute atomic E-state index is 0.415. The summed E-state index contributed by atoms with van der Waals surface area (Å²) in [5.41, 5.74) is 0.627. The summed E-state index contributed by atoms with van der Waals surface area (Å²) < 4.78 is 26.2. The molecule has 1 saturated carbocycles. The molecule has 1 aliphatic carbocycles. The molecule has 1 unspecified atom stereocenters. The smallest absolute Gasteiger partial charge is 0.129 e. The van der Waals surface area contributed by atoms with E-state index in [-0.39, 0.29) is 0 Å². The Labute approximate surface area is 108 Å². The average molecular weight is 253 g/mol. The fourth-order valence-electron chi connectivity index (χ4n) is 2.50. The van der Waals surface area contributed by atoms with E-state index in [1.165, 1.54) is 18.9 Å². The predicted molar refractivity (Wildman–Crippen MR) is 69.5 cm³/mol. The van der Waals surface area contributed by atoms with Gasteiger partial charge < -0.3 is 5.32 Å². The van der Waals surface area contributed by atoms with Gasteiger partial charge in [0.25, 0.3) is 0 Å². The van der Waals surface area contributed by atoms with Crippen molar-refractivity contribution in [1.82, 2.24) is 5.32 Å². The molecule has 1 N–H and O–H groups in total. The van der Waals surface area contributed by atoms with Crippen molar-refractivity contribution in [3.63, 3.8) is 0 Å². The molecule has 0 bridgehead atoms. The number of nitrogens with one attached hydrogen (secondary N) is 1. The largest absolute Gasteiger partial charge is 0.314 e. The molecule has 1 aliphatic rings. The van der Waals surface area contributed by atoms with E-state index in [1.54, 1.807) is 6.07 Å². The van der Waals surface area contributed by atoms with Crippen LogP contribution in [0, 0.1) is 17.6 Å². The minimum Gasteiger partial charge on any atom is -0.314 e. The number of hydrogen-bond donors (Lipinski definition) is 1. The Morgan fingerprint density at radius 1 is 1.33 bits per heavy atom. The van der Waals surface area contributed by atoms with Gasteiger partial charge in [0.1, 0.15) is 11.6 Å². The van der Waals surface area contributed by atoms with Gasteiger partial charge in [0.15, 0.2) is 0 Å². The lowest BCUT2D eigenvalue weighted by Gasteiger charge is -2.17. The van der Waals surface area contributed by atoms with E-state index in [2.05, 4.69) is 12.2 Å². The van der Waals surface area contributed by atoms with Crippen molar-refractivity contribution in [1.29, 1.82) is 0 Å². The van der Waals surface area contributed by atoms with Gasteiger partial charge in [-0.2, -0.15) is 0 Å². The van der Waals surface area contributed by atoms with Crippen molar-refractivity contribution in [2.75, 3.05) is 6.54 Å². The van der Waals surface area contributed by atoms with E-state index in [4.69, 9.17) is 0 Å². The maximum absolute atomic E-state index is 13.4. The first-order valence-electron chi connectivity index (χ1n) is 6.88. The van der Waals surface area contributed by atoms with Gasteiger partial charge in [0, 0.05) is 12.1 Å². The summed E-state index contributed by atoms with van der Waals surface area (Å²) in [5.74, 6) is -0.0933. The lowest BCUT2D eigenvalue weighted by atomic mass is 10.0. The molecule has 1 nitrogen and oxygen atoms in total. The number of hydrogen-bond acceptors (Lipinski definition) is 1. The van der Waals surface area contributed by atoms with Gasteiger partial charge in [-0.25, -0.2) is 8.78 Å². The Balaban J connectivity index is 1.79. The fraction of sp³-hybridized carbons (Fsp3) is 0.600. The van der Waals surface area contributed by atoms with Crippen LogP contribution in [0.15, 0.2) is 18.2 Å². The number of halogens is 2. The summed E-state index contributed by atoms with van der Waals surface area (Å²) in [7, 11) is 0. The van der Waals surface area contributed by atoms with Gasteiger partial charge in [-0.1, -0.05) is 13.0 Å². The highest BCUT2D eigenvalue weighted by atomic mass is 19.1. The van der Waals surface area contributed by atoms with Crippen molar-refractivity contribution in [3.05, 3.63) is 35.4 Å².